The summed E-state index contributed by atoms with van der Waals surface area (Å²) in [6.07, 6.45) is 3.76. The molecule has 4 heterocycles. The Morgan fingerprint density at radius 2 is 2.14 bits per heavy atom. The van der Waals surface area contributed by atoms with Gasteiger partial charge < -0.3 is 0 Å². The molecule has 8 nitrogen and oxygen atoms in total. The lowest BCUT2D eigenvalue weighted by molar-refractivity contribution is -0.440. The summed E-state index contributed by atoms with van der Waals surface area (Å²) in [6, 6.07) is 12.1. The minimum atomic E-state index is -0.0614. The van der Waals surface area contributed by atoms with Crippen LogP contribution in [0.3, 0.4) is 0 Å². The maximum absolute atomic E-state index is 10.4. The molecule has 0 fully saturated rings. The highest BCUT2D eigenvalue weighted by molar-refractivity contribution is 7.09. The largest absolute Gasteiger partial charge is 0.282 e. The summed E-state index contributed by atoms with van der Waals surface area (Å²) in [7, 11) is 0. The number of aryl methyl sites for hydroxylation is 1. The van der Waals surface area contributed by atoms with Crippen LogP contribution in [-0.2, 0) is 0 Å². The fourth-order valence-corrected chi connectivity index (χ4v) is 4.12. The van der Waals surface area contributed by atoms with E-state index in [-0.39, 0.29) is 12.7 Å². The first-order valence-electron chi connectivity index (χ1n) is 8.91. The van der Waals surface area contributed by atoms with E-state index in [2.05, 4.69) is 38.7 Å². The Bertz CT molecular complexity index is 1210. The van der Waals surface area contributed by atoms with E-state index in [0.717, 1.165) is 37.9 Å². The average Bonchev–Trinajstić information content (AvgIpc) is 3.33. The summed E-state index contributed by atoms with van der Waals surface area (Å²) in [5.41, 5.74) is 3.75. The molecule has 1 aliphatic rings. The van der Waals surface area contributed by atoms with Crippen LogP contribution in [0.25, 0.3) is 10.9 Å². The average molecular weight is 392 g/mol. The maximum atomic E-state index is 10.4. The van der Waals surface area contributed by atoms with Crippen molar-refractivity contribution in [3.8, 4) is 0 Å². The van der Waals surface area contributed by atoms with Crippen LogP contribution >= 0.6 is 11.5 Å². The summed E-state index contributed by atoms with van der Waals surface area (Å²) in [5.74, 6) is 0.451. The number of anilines is 1. The van der Waals surface area contributed by atoms with Crippen LogP contribution < -0.4 is 5.06 Å². The Morgan fingerprint density at radius 3 is 2.96 bits per heavy atom. The number of pyridine rings is 1. The molecule has 1 atom stereocenters. The van der Waals surface area contributed by atoms with E-state index in [9.17, 15) is 5.21 Å². The normalized spacial score (nSPS) is 14.8. The second-order valence-electron chi connectivity index (χ2n) is 6.82. The Balaban J connectivity index is 1.57. The molecule has 0 radical (unpaired) electrons. The van der Waals surface area contributed by atoms with Gasteiger partial charge in [-0.3, -0.25) is 10.2 Å². The van der Waals surface area contributed by atoms with Crippen molar-refractivity contribution >= 4 is 39.5 Å². The van der Waals surface area contributed by atoms with Gasteiger partial charge in [-0.15, -0.1) is 5.10 Å². The zero-order valence-electron chi connectivity index (χ0n) is 15.4. The van der Waals surface area contributed by atoms with Gasteiger partial charge in [0, 0.05) is 29.2 Å². The number of rotatable bonds is 3. The van der Waals surface area contributed by atoms with Crippen molar-refractivity contribution in [3.63, 3.8) is 0 Å². The fourth-order valence-electron chi connectivity index (χ4n) is 3.39. The Labute approximate surface area is 165 Å². The summed E-state index contributed by atoms with van der Waals surface area (Å²) >= 11 is 1.40. The van der Waals surface area contributed by atoms with Crippen LogP contribution in [0.15, 0.2) is 42.6 Å². The molecule has 1 N–H and O–H groups in total. The molecule has 9 heteroatoms. The highest BCUT2D eigenvalue weighted by Gasteiger charge is 2.31. The molecule has 0 bridgehead atoms. The van der Waals surface area contributed by atoms with Crippen molar-refractivity contribution < 1.29 is 9.78 Å². The van der Waals surface area contributed by atoms with Gasteiger partial charge in [-0.25, -0.2) is 4.68 Å². The minimum Gasteiger partial charge on any atom is -0.281 e. The monoisotopic (exact) mass is 392 g/mol. The Kier molecular flexibility index (Phi) is 3.92. The Morgan fingerprint density at radius 1 is 1.25 bits per heavy atom. The molecule has 4 aromatic rings. The number of hydrogen-bond acceptors (Lipinski definition) is 7. The molecule has 5 rings (SSSR count). The maximum Gasteiger partial charge on any atom is 0.282 e. The van der Waals surface area contributed by atoms with E-state index in [1.54, 1.807) is 6.20 Å². The van der Waals surface area contributed by atoms with E-state index in [1.807, 2.05) is 46.7 Å². The summed E-state index contributed by atoms with van der Waals surface area (Å²) in [4.78, 5) is 4.38. The van der Waals surface area contributed by atoms with Crippen LogP contribution in [-0.4, -0.2) is 47.0 Å². The zero-order valence-corrected chi connectivity index (χ0v) is 16.2. The first-order valence-corrected chi connectivity index (χ1v) is 9.68. The van der Waals surface area contributed by atoms with Gasteiger partial charge in [-0.05, 0) is 37.6 Å². The van der Waals surface area contributed by atoms with E-state index in [1.165, 1.54) is 11.5 Å². The van der Waals surface area contributed by atoms with Gasteiger partial charge in [0.25, 0.3) is 5.00 Å². The van der Waals surface area contributed by atoms with E-state index in [0.29, 0.717) is 5.82 Å². The first-order chi connectivity index (χ1) is 13.6. The second kappa shape index (κ2) is 6.47. The number of nitrogens with zero attached hydrogens (tertiary/aromatic N) is 7. The van der Waals surface area contributed by atoms with Gasteiger partial charge in [0.2, 0.25) is 18.7 Å². The van der Waals surface area contributed by atoms with E-state index >= 15 is 0 Å². The number of aromatic nitrogens is 5. The summed E-state index contributed by atoms with van der Waals surface area (Å²) in [6.45, 7) is 4.30. The standard InChI is InChI=1S/C19H18N7OS/c1-12-8-18(28-22-12)24-10-17-19(25(27)11-24)21-23-26(17)13(2)14-5-6-16-15(9-14)4-3-7-20-16/h3-10,13,27H,11H2,1-2H3/q+1/t13-/m0/s1. The highest BCUT2D eigenvalue weighted by atomic mass is 32.1. The van der Waals surface area contributed by atoms with Crippen molar-refractivity contribution in [2.75, 3.05) is 11.7 Å². The van der Waals surface area contributed by atoms with Crippen molar-refractivity contribution in [1.29, 1.82) is 0 Å². The lowest BCUT2D eigenvalue weighted by atomic mass is 10.1. The molecule has 0 saturated heterocycles. The van der Waals surface area contributed by atoms with Crippen LogP contribution in [0.4, 0.5) is 10.8 Å². The fraction of sp³-hybridized carbons (Fsp3) is 0.211. The van der Waals surface area contributed by atoms with Crippen molar-refractivity contribution in [2.45, 2.75) is 19.9 Å². The quantitative estimate of drug-likeness (QED) is 0.540. The molecule has 3 aromatic heterocycles. The first kappa shape index (κ1) is 17.0. The van der Waals surface area contributed by atoms with E-state index < -0.39 is 0 Å². The Hall–Kier alpha value is -3.17. The highest BCUT2D eigenvalue weighted by Crippen LogP contribution is 2.29. The second-order valence-corrected chi connectivity index (χ2v) is 7.60. The minimum absolute atomic E-state index is 0.0614. The molecule has 1 aliphatic heterocycles. The van der Waals surface area contributed by atoms with Crippen LogP contribution in [0.1, 0.15) is 29.9 Å². The lowest BCUT2D eigenvalue weighted by Crippen LogP contribution is -2.33. The molecular weight excluding hydrogens is 374 g/mol. The smallest absolute Gasteiger partial charge is 0.281 e. The third kappa shape index (κ3) is 2.76. The number of hydrogen-bond donors (Lipinski definition) is 1. The van der Waals surface area contributed by atoms with Gasteiger partial charge in [-0.1, -0.05) is 17.3 Å². The van der Waals surface area contributed by atoms with Crippen molar-refractivity contribution in [3.05, 3.63) is 59.5 Å². The van der Waals surface area contributed by atoms with Gasteiger partial charge in [0.05, 0.1) is 17.3 Å². The van der Waals surface area contributed by atoms with Crippen LogP contribution in [0.5, 0.6) is 0 Å². The van der Waals surface area contributed by atoms with Gasteiger partial charge in [0.1, 0.15) is 0 Å². The molecular formula is C19H18N7OS+. The SMILES string of the molecule is Cc1cc([N+]2=Cc3c(nnn3[C@@H](C)c3ccc4ncccc4c3)N(O)C2)sn1. The van der Waals surface area contributed by atoms with Crippen molar-refractivity contribution in [1.82, 2.24) is 24.4 Å². The zero-order chi connectivity index (χ0) is 19.3. The molecule has 140 valence electrons. The predicted octanol–water partition coefficient (Wildman–Crippen LogP) is 3.13. The molecule has 28 heavy (non-hydrogen) atoms. The van der Waals surface area contributed by atoms with E-state index in [4.69, 9.17) is 0 Å². The number of hydroxylamine groups is 1. The lowest BCUT2D eigenvalue weighted by Gasteiger charge is -2.18. The topological polar surface area (TPSA) is 83.0 Å². The molecule has 0 saturated carbocycles. The van der Waals surface area contributed by atoms with Gasteiger partial charge >= 0.3 is 0 Å². The summed E-state index contributed by atoms with van der Waals surface area (Å²) < 4.78 is 8.11. The third-order valence-corrected chi connectivity index (χ3v) is 5.81. The molecule has 0 unspecified atom stereocenters. The molecule has 0 amide bonds. The van der Waals surface area contributed by atoms with Gasteiger partial charge in [-0.2, -0.15) is 14.0 Å². The van der Waals surface area contributed by atoms with Gasteiger partial charge in [0.15, 0.2) is 5.69 Å². The van der Waals surface area contributed by atoms with Crippen LogP contribution in [0, 0.1) is 6.92 Å². The predicted molar refractivity (Wildman–Crippen MR) is 107 cm³/mol. The van der Waals surface area contributed by atoms with Crippen molar-refractivity contribution in [2.24, 2.45) is 0 Å². The third-order valence-electron chi connectivity index (χ3n) is 4.90. The number of benzene rings is 1. The number of fused-ring (bicyclic) bond motifs is 2. The molecule has 0 spiro atoms. The van der Waals surface area contributed by atoms with Crippen LogP contribution in [0.2, 0.25) is 0 Å². The molecule has 1 aromatic carbocycles. The summed E-state index contributed by atoms with van der Waals surface area (Å²) in [5, 5.41) is 22.1. The molecule has 0 aliphatic carbocycles.